The Labute approximate surface area is 125 Å². The highest BCUT2D eigenvalue weighted by atomic mass is 16.5. The van der Waals surface area contributed by atoms with Crippen molar-refractivity contribution >= 4 is 5.69 Å². The lowest BCUT2D eigenvalue weighted by Gasteiger charge is -2.17. The Hall–Kier alpha value is -1.97. The van der Waals surface area contributed by atoms with E-state index >= 15 is 0 Å². The van der Waals surface area contributed by atoms with Gasteiger partial charge in [-0.05, 0) is 69.7 Å². The summed E-state index contributed by atoms with van der Waals surface area (Å²) < 4.78 is 7.92. The summed E-state index contributed by atoms with van der Waals surface area (Å²) in [6.07, 6.45) is 4.88. The van der Waals surface area contributed by atoms with Crippen LogP contribution in [0.3, 0.4) is 0 Å². The maximum Gasteiger partial charge on any atom is 0.241 e. The predicted molar refractivity (Wildman–Crippen MR) is 84.9 cm³/mol. The average molecular weight is 285 g/mol. The molecule has 0 saturated heterocycles. The van der Waals surface area contributed by atoms with Gasteiger partial charge in [0.2, 0.25) is 5.88 Å². The second-order valence-electron chi connectivity index (χ2n) is 6.08. The molecule has 2 aromatic rings. The number of aryl methyl sites for hydroxylation is 3. The van der Waals surface area contributed by atoms with Gasteiger partial charge >= 0.3 is 0 Å². The van der Waals surface area contributed by atoms with E-state index in [0.29, 0.717) is 11.6 Å². The van der Waals surface area contributed by atoms with Gasteiger partial charge in [0.25, 0.3) is 0 Å². The molecule has 0 bridgehead atoms. The van der Waals surface area contributed by atoms with Crippen LogP contribution in [-0.2, 0) is 12.8 Å². The van der Waals surface area contributed by atoms with E-state index in [1.165, 1.54) is 30.4 Å². The Morgan fingerprint density at radius 3 is 2.62 bits per heavy atom. The number of fused-ring (bicyclic) bond motifs is 1. The average Bonchev–Trinajstić information content (AvgIpc) is 2.76. The Bertz CT molecular complexity index is 658. The third-order valence-corrected chi connectivity index (χ3v) is 4.11. The van der Waals surface area contributed by atoms with E-state index < -0.39 is 0 Å². The first-order valence-corrected chi connectivity index (χ1v) is 7.70. The van der Waals surface area contributed by atoms with Gasteiger partial charge in [0.15, 0.2) is 0 Å². The Morgan fingerprint density at radius 1 is 1.19 bits per heavy atom. The zero-order chi connectivity index (χ0) is 15.0. The summed E-state index contributed by atoms with van der Waals surface area (Å²) in [6.45, 7) is 6.06. The first-order chi connectivity index (χ1) is 10.1. The van der Waals surface area contributed by atoms with Crippen molar-refractivity contribution in [3.05, 3.63) is 35.0 Å². The SMILES string of the molecule is Cc1nn(C(C)C)c(Oc2ccc3c(c2)CCCC3)c1N. The Kier molecular flexibility index (Phi) is 3.62. The topological polar surface area (TPSA) is 53.1 Å². The molecule has 0 fully saturated rings. The van der Waals surface area contributed by atoms with Crippen molar-refractivity contribution in [2.75, 3.05) is 5.73 Å². The number of nitrogen functional groups attached to an aromatic ring is 1. The summed E-state index contributed by atoms with van der Waals surface area (Å²) in [7, 11) is 0. The van der Waals surface area contributed by atoms with Crippen molar-refractivity contribution in [2.24, 2.45) is 0 Å². The van der Waals surface area contributed by atoms with Crippen molar-refractivity contribution in [2.45, 2.75) is 52.5 Å². The normalized spacial score (nSPS) is 14.3. The minimum Gasteiger partial charge on any atom is -0.437 e. The molecule has 1 heterocycles. The van der Waals surface area contributed by atoms with Gasteiger partial charge in [-0.15, -0.1) is 0 Å². The summed E-state index contributed by atoms with van der Waals surface area (Å²) in [6, 6.07) is 6.59. The molecular formula is C17H23N3O. The van der Waals surface area contributed by atoms with Crippen LogP contribution < -0.4 is 10.5 Å². The van der Waals surface area contributed by atoms with E-state index in [9.17, 15) is 0 Å². The molecule has 0 atom stereocenters. The lowest BCUT2D eigenvalue weighted by atomic mass is 9.92. The number of anilines is 1. The number of nitrogens with two attached hydrogens (primary N) is 1. The molecular weight excluding hydrogens is 262 g/mol. The zero-order valence-corrected chi connectivity index (χ0v) is 13.0. The van der Waals surface area contributed by atoms with Crippen LogP contribution >= 0.6 is 0 Å². The maximum absolute atomic E-state index is 6.12. The highest BCUT2D eigenvalue weighted by Crippen LogP contribution is 2.34. The number of benzene rings is 1. The Balaban J connectivity index is 1.93. The first kappa shape index (κ1) is 14.0. The van der Waals surface area contributed by atoms with Gasteiger partial charge in [-0.2, -0.15) is 5.10 Å². The van der Waals surface area contributed by atoms with Gasteiger partial charge in [0.05, 0.1) is 11.7 Å². The van der Waals surface area contributed by atoms with Crippen LogP contribution in [0.2, 0.25) is 0 Å². The van der Waals surface area contributed by atoms with Gasteiger partial charge in [0, 0.05) is 0 Å². The van der Waals surface area contributed by atoms with Gasteiger partial charge in [-0.25, -0.2) is 4.68 Å². The molecule has 0 spiro atoms. The summed E-state index contributed by atoms with van der Waals surface area (Å²) in [5.41, 5.74) is 10.4. The van der Waals surface area contributed by atoms with Crippen LogP contribution in [-0.4, -0.2) is 9.78 Å². The van der Waals surface area contributed by atoms with E-state index in [0.717, 1.165) is 17.9 Å². The number of ether oxygens (including phenoxy) is 1. The molecule has 0 unspecified atom stereocenters. The van der Waals surface area contributed by atoms with Gasteiger partial charge in [0.1, 0.15) is 11.4 Å². The number of rotatable bonds is 3. The van der Waals surface area contributed by atoms with Gasteiger partial charge < -0.3 is 10.5 Å². The molecule has 0 amide bonds. The highest BCUT2D eigenvalue weighted by molar-refractivity contribution is 5.54. The number of hydrogen-bond donors (Lipinski definition) is 1. The van der Waals surface area contributed by atoms with E-state index in [1.54, 1.807) is 0 Å². The minimum atomic E-state index is 0.216. The van der Waals surface area contributed by atoms with Crippen molar-refractivity contribution in [3.8, 4) is 11.6 Å². The molecule has 1 aromatic heterocycles. The molecule has 21 heavy (non-hydrogen) atoms. The maximum atomic E-state index is 6.12. The summed E-state index contributed by atoms with van der Waals surface area (Å²) in [5, 5.41) is 4.46. The van der Waals surface area contributed by atoms with Crippen LogP contribution in [0, 0.1) is 6.92 Å². The summed E-state index contributed by atoms with van der Waals surface area (Å²) >= 11 is 0. The monoisotopic (exact) mass is 285 g/mol. The molecule has 2 N–H and O–H groups in total. The molecule has 0 saturated carbocycles. The summed E-state index contributed by atoms with van der Waals surface area (Å²) in [5.74, 6) is 1.50. The third-order valence-electron chi connectivity index (χ3n) is 4.11. The minimum absolute atomic E-state index is 0.216. The van der Waals surface area contributed by atoms with Crippen molar-refractivity contribution in [1.29, 1.82) is 0 Å². The molecule has 112 valence electrons. The largest absolute Gasteiger partial charge is 0.437 e. The fourth-order valence-corrected chi connectivity index (χ4v) is 2.88. The fraction of sp³-hybridized carbons (Fsp3) is 0.471. The van der Waals surface area contributed by atoms with Crippen LogP contribution in [0.15, 0.2) is 18.2 Å². The zero-order valence-electron chi connectivity index (χ0n) is 13.0. The second kappa shape index (κ2) is 5.43. The standard InChI is InChI=1S/C17H23N3O/c1-11(2)20-17(16(18)12(3)19-20)21-15-9-8-13-6-4-5-7-14(13)10-15/h8-11H,4-7,18H2,1-3H3. The van der Waals surface area contributed by atoms with Crippen LogP contribution in [0.5, 0.6) is 11.6 Å². The Morgan fingerprint density at radius 2 is 1.90 bits per heavy atom. The molecule has 1 aliphatic rings. The smallest absolute Gasteiger partial charge is 0.241 e. The van der Waals surface area contributed by atoms with Gasteiger partial charge in [-0.3, -0.25) is 0 Å². The van der Waals surface area contributed by atoms with Crippen molar-refractivity contribution < 1.29 is 4.74 Å². The molecule has 1 aromatic carbocycles. The van der Waals surface area contributed by atoms with Gasteiger partial charge in [-0.1, -0.05) is 6.07 Å². The van der Waals surface area contributed by atoms with E-state index in [-0.39, 0.29) is 6.04 Å². The van der Waals surface area contributed by atoms with Crippen molar-refractivity contribution in [1.82, 2.24) is 9.78 Å². The number of hydrogen-bond acceptors (Lipinski definition) is 3. The lowest BCUT2D eigenvalue weighted by molar-refractivity contribution is 0.389. The van der Waals surface area contributed by atoms with Crippen LogP contribution in [0.4, 0.5) is 5.69 Å². The molecule has 1 aliphatic carbocycles. The van der Waals surface area contributed by atoms with E-state index in [2.05, 4.69) is 31.1 Å². The highest BCUT2D eigenvalue weighted by Gasteiger charge is 2.18. The van der Waals surface area contributed by atoms with E-state index in [4.69, 9.17) is 10.5 Å². The van der Waals surface area contributed by atoms with E-state index in [1.807, 2.05) is 17.7 Å². The predicted octanol–water partition coefficient (Wildman–Crippen LogP) is 4.03. The number of nitrogens with zero attached hydrogens (tertiary/aromatic N) is 2. The van der Waals surface area contributed by atoms with Crippen LogP contribution in [0.25, 0.3) is 0 Å². The molecule has 0 radical (unpaired) electrons. The molecule has 4 heteroatoms. The first-order valence-electron chi connectivity index (χ1n) is 7.70. The quantitative estimate of drug-likeness (QED) is 0.926. The molecule has 3 rings (SSSR count). The second-order valence-corrected chi connectivity index (χ2v) is 6.08. The molecule has 0 aliphatic heterocycles. The fourth-order valence-electron chi connectivity index (χ4n) is 2.88. The summed E-state index contributed by atoms with van der Waals surface area (Å²) in [4.78, 5) is 0. The third kappa shape index (κ3) is 2.62. The number of aromatic nitrogens is 2. The molecule has 4 nitrogen and oxygen atoms in total. The van der Waals surface area contributed by atoms with Crippen molar-refractivity contribution in [3.63, 3.8) is 0 Å². The lowest BCUT2D eigenvalue weighted by Crippen LogP contribution is -2.06. The van der Waals surface area contributed by atoms with Crippen LogP contribution in [0.1, 0.15) is 49.6 Å².